The number of carbonyl (C=O) groups excluding carboxylic acids is 2. The molecule has 0 aliphatic rings. The van der Waals surface area contributed by atoms with Gasteiger partial charge >= 0.3 is 5.97 Å². The van der Waals surface area contributed by atoms with Gasteiger partial charge in [-0.2, -0.15) is 0 Å². The number of hydrogen-bond acceptors (Lipinski definition) is 5. The zero-order chi connectivity index (χ0) is 18.2. The first-order chi connectivity index (χ1) is 12.0. The molecule has 0 spiro atoms. The second-order valence-electron chi connectivity index (χ2n) is 5.75. The Labute approximate surface area is 158 Å². The third-order valence-corrected chi connectivity index (χ3v) is 3.81. The van der Waals surface area contributed by atoms with Crippen molar-refractivity contribution in [2.24, 2.45) is 5.73 Å². The molecular formula is C19H23ClN2O4. The molecule has 0 aliphatic carbocycles. The molecule has 0 unspecified atom stereocenters. The summed E-state index contributed by atoms with van der Waals surface area (Å²) in [6.07, 6.45) is 0.622. The van der Waals surface area contributed by atoms with E-state index >= 15 is 0 Å². The largest absolute Gasteiger partial charge is 0.508 e. The maximum Gasteiger partial charge on any atom is 0.328 e. The van der Waals surface area contributed by atoms with Crippen molar-refractivity contribution >= 4 is 24.3 Å². The van der Waals surface area contributed by atoms with Gasteiger partial charge in [0.2, 0.25) is 5.91 Å². The Kier molecular flexibility index (Phi) is 8.61. The number of nitrogens with two attached hydrogens (primary N) is 1. The first kappa shape index (κ1) is 21.5. The van der Waals surface area contributed by atoms with Crippen LogP contribution < -0.4 is 11.1 Å². The average molecular weight is 379 g/mol. The van der Waals surface area contributed by atoms with Crippen molar-refractivity contribution in [2.45, 2.75) is 24.9 Å². The maximum atomic E-state index is 12.3. The molecule has 2 aromatic rings. The summed E-state index contributed by atoms with van der Waals surface area (Å²) in [4.78, 5) is 24.3. The minimum atomic E-state index is -0.844. The molecule has 1 amide bonds. The van der Waals surface area contributed by atoms with Gasteiger partial charge in [0.15, 0.2) is 0 Å². The highest BCUT2D eigenvalue weighted by Gasteiger charge is 2.24. The van der Waals surface area contributed by atoms with Crippen LogP contribution in [0.3, 0.4) is 0 Å². The fourth-order valence-corrected chi connectivity index (χ4v) is 2.44. The Morgan fingerprint density at radius 2 is 1.62 bits per heavy atom. The van der Waals surface area contributed by atoms with Gasteiger partial charge in [0, 0.05) is 6.42 Å². The number of benzene rings is 2. The first-order valence-corrected chi connectivity index (χ1v) is 7.95. The van der Waals surface area contributed by atoms with Gasteiger partial charge in [-0.3, -0.25) is 4.79 Å². The lowest BCUT2D eigenvalue weighted by atomic mass is 10.0. The van der Waals surface area contributed by atoms with E-state index in [0.29, 0.717) is 6.42 Å². The van der Waals surface area contributed by atoms with E-state index in [1.54, 1.807) is 12.1 Å². The van der Waals surface area contributed by atoms with E-state index < -0.39 is 24.0 Å². The van der Waals surface area contributed by atoms with Gasteiger partial charge in [-0.25, -0.2) is 4.79 Å². The van der Waals surface area contributed by atoms with Crippen LogP contribution in [0.1, 0.15) is 11.1 Å². The molecule has 0 bridgehead atoms. The number of nitrogens with one attached hydrogen (secondary N) is 1. The predicted molar refractivity (Wildman–Crippen MR) is 101 cm³/mol. The second kappa shape index (κ2) is 10.4. The van der Waals surface area contributed by atoms with Crippen LogP contribution in [0, 0.1) is 0 Å². The lowest BCUT2D eigenvalue weighted by molar-refractivity contribution is -0.145. The van der Waals surface area contributed by atoms with E-state index in [4.69, 9.17) is 10.5 Å². The standard InChI is InChI=1S/C19H22N2O4.ClH/c1-25-19(24)17(12-14-7-9-15(22)10-8-14)21-18(23)16(20)11-13-5-3-2-4-6-13;/h2-10,16-17,22H,11-12,20H2,1H3,(H,21,23);1H/t16-,17-;/m0./s1. The molecule has 0 heterocycles. The fraction of sp³-hybridized carbons (Fsp3) is 0.263. The van der Waals surface area contributed by atoms with Crippen molar-refractivity contribution < 1.29 is 19.4 Å². The summed E-state index contributed by atoms with van der Waals surface area (Å²) in [6, 6.07) is 14.2. The van der Waals surface area contributed by atoms with E-state index in [1.807, 2.05) is 30.3 Å². The zero-order valence-corrected chi connectivity index (χ0v) is 15.2. The van der Waals surface area contributed by atoms with Crippen LogP contribution in [0.4, 0.5) is 0 Å². The molecule has 0 aliphatic heterocycles. The normalized spacial score (nSPS) is 12.4. The smallest absolute Gasteiger partial charge is 0.328 e. The molecule has 6 nitrogen and oxygen atoms in total. The number of carbonyl (C=O) groups is 2. The number of ether oxygens (including phenoxy) is 1. The number of methoxy groups -OCH3 is 1. The van der Waals surface area contributed by atoms with Crippen LogP contribution in [-0.2, 0) is 27.2 Å². The Morgan fingerprint density at radius 1 is 1.04 bits per heavy atom. The Morgan fingerprint density at radius 3 is 2.19 bits per heavy atom. The molecular weight excluding hydrogens is 356 g/mol. The van der Waals surface area contributed by atoms with Crippen molar-refractivity contribution in [3.8, 4) is 5.75 Å². The molecule has 0 saturated carbocycles. The molecule has 2 rings (SSSR count). The number of rotatable bonds is 7. The summed E-state index contributed by atoms with van der Waals surface area (Å²) in [6.45, 7) is 0. The maximum absolute atomic E-state index is 12.3. The molecule has 0 saturated heterocycles. The molecule has 2 aromatic carbocycles. The number of esters is 1. The minimum Gasteiger partial charge on any atom is -0.508 e. The molecule has 140 valence electrons. The van der Waals surface area contributed by atoms with E-state index in [-0.39, 0.29) is 24.6 Å². The Hall–Kier alpha value is -2.57. The lowest BCUT2D eigenvalue weighted by Crippen LogP contribution is -2.50. The molecule has 4 N–H and O–H groups in total. The third kappa shape index (κ3) is 6.38. The fourth-order valence-electron chi connectivity index (χ4n) is 2.44. The van der Waals surface area contributed by atoms with Crippen molar-refractivity contribution in [2.75, 3.05) is 7.11 Å². The van der Waals surface area contributed by atoms with Gasteiger partial charge in [0.05, 0.1) is 13.2 Å². The molecule has 26 heavy (non-hydrogen) atoms. The Bertz CT molecular complexity index is 707. The highest BCUT2D eigenvalue weighted by Crippen LogP contribution is 2.12. The monoisotopic (exact) mass is 378 g/mol. The van der Waals surface area contributed by atoms with Crippen LogP contribution in [0.25, 0.3) is 0 Å². The summed E-state index contributed by atoms with van der Waals surface area (Å²) in [7, 11) is 1.27. The zero-order valence-electron chi connectivity index (χ0n) is 14.4. The number of phenolic OH excluding ortho intramolecular Hbond substituents is 1. The van der Waals surface area contributed by atoms with Gasteiger partial charge in [-0.15, -0.1) is 12.4 Å². The Balaban J connectivity index is 0.00000338. The van der Waals surface area contributed by atoms with Crippen molar-refractivity contribution in [3.63, 3.8) is 0 Å². The summed E-state index contributed by atoms with van der Waals surface area (Å²) >= 11 is 0. The van der Waals surface area contributed by atoms with E-state index in [0.717, 1.165) is 11.1 Å². The van der Waals surface area contributed by atoms with Gasteiger partial charge < -0.3 is 20.9 Å². The average Bonchev–Trinajstić information content (AvgIpc) is 2.63. The van der Waals surface area contributed by atoms with Crippen molar-refractivity contribution in [3.05, 3.63) is 65.7 Å². The van der Waals surface area contributed by atoms with Gasteiger partial charge in [-0.1, -0.05) is 42.5 Å². The molecule has 0 radical (unpaired) electrons. The first-order valence-electron chi connectivity index (χ1n) is 7.95. The lowest BCUT2D eigenvalue weighted by Gasteiger charge is -2.19. The van der Waals surface area contributed by atoms with Crippen LogP contribution in [0.5, 0.6) is 5.75 Å². The third-order valence-electron chi connectivity index (χ3n) is 3.81. The van der Waals surface area contributed by atoms with E-state index in [2.05, 4.69) is 5.32 Å². The number of phenols is 1. The van der Waals surface area contributed by atoms with Crippen molar-refractivity contribution in [1.29, 1.82) is 0 Å². The minimum absolute atomic E-state index is 0. The number of aromatic hydroxyl groups is 1. The van der Waals surface area contributed by atoms with Gasteiger partial charge in [0.25, 0.3) is 0 Å². The molecule has 2 atom stereocenters. The summed E-state index contributed by atoms with van der Waals surface area (Å²) in [5.41, 5.74) is 7.68. The van der Waals surface area contributed by atoms with Crippen LogP contribution in [-0.4, -0.2) is 36.2 Å². The highest BCUT2D eigenvalue weighted by molar-refractivity contribution is 5.87. The van der Waals surface area contributed by atoms with Gasteiger partial charge in [-0.05, 0) is 29.7 Å². The molecule has 0 fully saturated rings. The number of hydrogen-bond donors (Lipinski definition) is 3. The summed E-state index contributed by atoms with van der Waals surface area (Å²) in [5.74, 6) is -0.835. The molecule has 7 heteroatoms. The number of halogens is 1. The van der Waals surface area contributed by atoms with Crippen molar-refractivity contribution in [1.82, 2.24) is 5.32 Å². The number of amides is 1. The molecule has 0 aromatic heterocycles. The van der Waals surface area contributed by atoms with E-state index in [9.17, 15) is 14.7 Å². The summed E-state index contributed by atoms with van der Waals surface area (Å²) in [5, 5.41) is 12.0. The van der Waals surface area contributed by atoms with Gasteiger partial charge in [0.1, 0.15) is 11.8 Å². The van der Waals surface area contributed by atoms with E-state index in [1.165, 1.54) is 19.2 Å². The topological polar surface area (TPSA) is 102 Å². The van der Waals surface area contributed by atoms with Crippen LogP contribution in [0.15, 0.2) is 54.6 Å². The second-order valence-corrected chi connectivity index (χ2v) is 5.75. The van der Waals surface area contributed by atoms with Crippen LogP contribution >= 0.6 is 12.4 Å². The van der Waals surface area contributed by atoms with Crippen LogP contribution in [0.2, 0.25) is 0 Å². The highest BCUT2D eigenvalue weighted by atomic mass is 35.5. The predicted octanol–water partition coefficient (Wildman–Crippen LogP) is 1.58. The SMILES string of the molecule is COC(=O)[C@H](Cc1ccc(O)cc1)NC(=O)[C@@H](N)Cc1ccccc1.Cl. The quantitative estimate of drug-likeness (QED) is 0.635. The summed E-state index contributed by atoms with van der Waals surface area (Å²) < 4.78 is 4.76.